The smallest absolute Gasteiger partial charge is 0.263 e. The first-order valence-corrected chi connectivity index (χ1v) is 9.71. The van der Waals surface area contributed by atoms with E-state index >= 15 is 0 Å². The Hall–Kier alpha value is -3.00. The molecule has 7 nitrogen and oxygen atoms in total. The number of carbonyl (C=O) groups excluding carboxylic acids is 1. The Morgan fingerprint density at radius 2 is 1.86 bits per heavy atom. The predicted octanol–water partition coefficient (Wildman–Crippen LogP) is 3.71. The summed E-state index contributed by atoms with van der Waals surface area (Å²) in [5.41, 5.74) is 1.91. The molecule has 8 heteroatoms. The highest BCUT2D eigenvalue weighted by Gasteiger charge is 2.24. The van der Waals surface area contributed by atoms with Crippen LogP contribution in [0.2, 0.25) is 0 Å². The number of methoxy groups -OCH3 is 2. The summed E-state index contributed by atoms with van der Waals surface area (Å²) in [7, 11) is 3.05. The number of thioether (sulfide) groups is 1. The van der Waals surface area contributed by atoms with E-state index in [9.17, 15) is 4.79 Å². The third-order valence-corrected chi connectivity index (χ3v) is 5.56. The second-order valence-corrected chi connectivity index (χ2v) is 7.82. The van der Waals surface area contributed by atoms with Crippen molar-refractivity contribution in [1.29, 1.82) is 0 Å². The maximum Gasteiger partial charge on any atom is 0.263 e. The van der Waals surface area contributed by atoms with E-state index in [4.69, 9.17) is 9.47 Å². The van der Waals surface area contributed by atoms with Crippen molar-refractivity contribution in [1.82, 2.24) is 14.8 Å². The second kappa shape index (κ2) is 7.55. The first-order chi connectivity index (χ1) is 13.6. The Balaban J connectivity index is 1.63. The zero-order valence-corrected chi connectivity index (χ0v) is 16.6. The lowest BCUT2D eigenvalue weighted by atomic mass is 10.1. The van der Waals surface area contributed by atoms with Crippen molar-refractivity contribution < 1.29 is 14.3 Å². The third kappa shape index (κ3) is 3.31. The fourth-order valence-electron chi connectivity index (χ4n) is 3.23. The zero-order chi connectivity index (χ0) is 19.7. The van der Waals surface area contributed by atoms with Gasteiger partial charge in [-0.1, -0.05) is 36.9 Å². The highest BCUT2D eigenvalue weighted by molar-refractivity contribution is 7.99. The van der Waals surface area contributed by atoms with Gasteiger partial charge in [-0.15, -0.1) is 10.2 Å². The van der Waals surface area contributed by atoms with E-state index in [2.05, 4.69) is 27.0 Å². The van der Waals surface area contributed by atoms with Crippen LogP contribution in [-0.4, -0.2) is 40.1 Å². The minimum Gasteiger partial charge on any atom is -0.496 e. The Morgan fingerprint density at radius 3 is 2.57 bits per heavy atom. The second-order valence-electron chi connectivity index (χ2n) is 6.42. The molecule has 1 amide bonds. The summed E-state index contributed by atoms with van der Waals surface area (Å²) in [4.78, 5) is 12.9. The molecule has 2 heterocycles. The van der Waals surface area contributed by atoms with Crippen molar-refractivity contribution in [2.24, 2.45) is 0 Å². The molecule has 2 aromatic carbocycles. The minimum absolute atomic E-state index is 0.304. The van der Waals surface area contributed by atoms with Crippen LogP contribution in [0.25, 0.3) is 11.4 Å². The molecule has 0 radical (unpaired) electrons. The van der Waals surface area contributed by atoms with Crippen molar-refractivity contribution in [3.63, 3.8) is 0 Å². The molecule has 1 aliphatic heterocycles. The molecule has 0 bridgehead atoms. The van der Waals surface area contributed by atoms with Gasteiger partial charge in [-0.3, -0.25) is 4.79 Å². The molecule has 1 N–H and O–H groups in total. The number of aromatic nitrogens is 3. The SMILES string of the molecule is COc1cccc(OC)c1C(=O)Nc1cccc(-c2nnc3n2CC(C)S3)c1. The van der Waals surface area contributed by atoms with E-state index in [1.165, 1.54) is 14.2 Å². The Labute approximate surface area is 167 Å². The molecule has 0 fully saturated rings. The molecule has 0 saturated carbocycles. The third-order valence-electron chi connectivity index (χ3n) is 4.50. The van der Waals surface area contributed by atoms with Gasteiger partial charge in [0.15, 0.2) is 11.0 Å². The summed E-state index contributed by atoms with van der Waals surface area (Å²) in [6, 6.07) is 12.8. The lowest BCUT2D eigenvalue weighted by Gasteiger charge is -2.13. The fourth-order valence-corrected chi connectivity index (χ4v) is 4.19. The Morgan fingerprint density at radius 1 is 1.14 bits per heavy atom. The summed E-state index contributed by atoms with van der Waals surface area (Å²) < 4.78 is 12.8. The van der Waals surface area contributed by atoms with Gasteiger partial charge in [0.1, 0.15) is 17.1 Å². The van der Waals surface area contributed by atoms with Crippen LogP contribution in [0.5, 0.6) is 11.5 Å². The predicted molar refractivity (Wildman–Crippen MR) is 108 cm³/mol. The summed E-state index contributed by atoms with van der Waals surface area (Å²) in [6.07, 6.45) is 0. The van der Waals surface area contributed by atoms with Gasteiger partial charge in [-0.2, -0.15) is 0 Å². The maximum atomic E-state index is 12.9. The summed E-state index contributed by atoms with van der Waals surface area (Å²) in [5.74, 6) is 1.41. The number of fused-ring (bicyclic) bond motifs is 1. The van der Waals surface area contributed by atoms with Crippen LogP contribution in [0.3, 0.4) is 0 Å². The average molecular weight is 396 g/mol. The number of hydrogen-bond acceptors (Lipinski definition) is 6. The van der Waals surface area contributed by atoms with Gasteiger partial charge in [0.25, 0.3) is 5.91 Å². The molecule has 1 atom stereocenters. The van der Waals surface area contributed by atoms with E-state index in [1.54, 1.807) is 30.0 Å². The van der Waals surface area contributed by atoms with E-state index < -0.39 is 0 Å². The molecule has 0 aliphatic carbocycles. The molecule has 3 aromatic rings. The van der Waals surface area contributed by atoms with Crippen LogP contribution in [0, 0.1) is 0 Å². The van der Waals surface area contributed by atoms with Crippen LogP contribution >= 0.6 is 11.8 Å². The maximum absolute atomic E-state index is 12.9. The minimum atomic E-state index is -0.304. The quantitative estimate of drug-likeness (QED) is 0.708. The van der Waals surface area contributed by atoms with E-state index in [1.807, 2.05) is 24.3 Å². The van der Waals surface area contributed by atoms with Crippen molar-refractivity contribution in [2.75, 3.05) is 19.5 Å². The summed E-state index contributed by atoms with van der Waals surface area (Å²) in [6.45, 7) is 3.04. The Kier molecular flexibility index (Phi) is 4.95. The monoisotopic (exact) mass is 396 g/mol. The molecular formula is C20H20N4O3S. The Bertz CT molecular complexity index is 1010. The zero-order valence-electron chi connectivity index (χ0n) is 15.8. The number of benzene rings is 2. The number of nitrogens with one attached hydrogen (secondary N) is 1. The first-order valence-electron chi connectivity index (χ1n) is 8.83. The molecule has 1 aromatic heterocycles. The lowest BCUT2D eigenvalue weighted by Crippen LogP contribution is -2.14. The molecule has 0 spiro atoms. The van der Waals surface area contributed by atoms with Gasteiger partial charge < -0.3 is 19.4 Å². The summed E-state index contributed by atoms with van der Waals surface area (Å²) >= 11 is 1.72. The topological polar surface area (TPSA) is 78.3 Å². The van der Waals surface area contributed by atoms with Gasteiger partial charge in [-0.25, -0.2) is 0 Å². The van der Waals surface area contributed by atoms with Crippen molar-refractivity contribution in [3.05, 3.63) is 48.0 Å². The number of hydrogen-bond donors (Lipinski definition) is 1. The number of rotatable bonds is 5. The molecule has 0 saturated heterocycles. The number of amides is 1. The van der Waals surface area contributed by atoms with Crippen LogP contribution in [0.15, 0.2) is 47.6 Å². The molecule has 4 rings (SSSR count). The van der Waals surface area contributed by atoms with Crippen LogP contribution < -0.4 is 14.8 Å². The molecule has 1 aliphatic rings. The number of ether oxygens (including phenoxy) is 2. The largest absolute Gasteiger partial charge is 0.496 e. The lowest BCUT2D eigenvalue weighted by molar-refractivity contribution is 0.102. The highest BCUT2D eigenvalue weighted by Crippen LogP contribution is 2.35. The molecule has 144 valence electrons. The van der Waals surface area contributed by atoms with Gasteiger partial charge in [-0.05, 0) is 24.3 Å². The molecule has 1 unspecified atom stereocenters. The van der Waals surface area contributed by atoms with E-state index in [0.717, 1.165) is 23.1 Å². The first kappa shape index (κ1) is 18.4. The molecule has 28 heavy (non-hydrogen) atoms. The van der Waals surface area contributed by atoms with Crippen LogP contribution in [0.4, 0.5) is 5.69 Å². The summed E-state index contributed by atoms with van der Waals surface area (Å²) in [5, 5.41) is 12.9. The normalized spacial score (nSPS) is 15.2. The van der Waals surface area contributed by atoms with Crippen molar-refractivity contribution in [2.45, 2.75) is 23.9 Å². The number of carbonyl (C=O) groups is 1. The standard InChI is InChI=1S/C20H20N4O3S/c1-12-11-24-18(22-23-20(24)28-12)13-6-4-7-14(10-13)21-19(25)17-15(26-2)8-5-9-16(17)27-3/h4-10,12H,11H2,1-3H3,(H,21,25). The van der Waals surface area contributed by atoms with Crippen LogP contribution in [-0.2, 0) is 6.54 Å². The van der Waals surface area contributed by atoms with Crippen LogP contribution in [0.1, 0.15) is 17.3 Å². The van der Waals surface area contributed by atoms with E-state index in [-0.39, 0.29) is 5.91 Å². The average Bonchev–Trinajstić information content (AvgIpc) is 3.26. The van der Waals surface area contributed by atoms with Gasteiger partial charge in [0.2, 0.25) is 0 Å². The number of nitrogens with zero attached hydrogens (tertiary/aromatic N) is 3. The van der Waals surface area contributed by atoms with Gasteiger partial charge >= 0.3 is 0 Å². The molecular weight excluding hydrogens is 376 g/mol. The van der Waals surface area contributed by atoms with Gasteiger partial charge in [0, 0.05) is 23.0 Å². The van der Waals surface area contributed by atoms with Gasteiger partial charge in [0.05, 0.1) is 14.2 Å². The van der Waals surface area contributed by atoms with Crippen molar-refractivity contribution >= 4 is 23.4 Å². The number of anilines is 1. The van der Waals surface area contributed by atoms with Crippen molar-refractivity contribution in [3.8, 4) is 22.9 Å². The highest BCUT2D eigenvalue weighted by atomic mass is 32.2. The van der Waals surface area contributed by atoms with E-state index in [0.29, 0.717) is 28.0 Å². The fraction of sp³-hybridized carbons (Fsp3) is 0.250.